The average Bonchev–Trinajstić information content (AvgIpc) is 2.59. The summed E-state index contributed by atoms with van der Waals surface area (Å²) in [6, 6.07) is -0.0478. The first kappa shape index (κ1) is 11.1. The number of nitrogens with zero attached hydrogens (tertiary/aromatic N) is 2. The van der Waals surface area contributed by atoms with Gasteiger partial charge in [0.2, 0.25) is 5.91 Å². The first-order valence-corrected chi connectivity index (χ1v) is 5.71. The third-order valence-corrected chi connectivity index (χ3v) is 2.90. The summed E-state index contributed by atoms with van der Waals surface area (Å²) >= 11 is 0. The normalized spacial score (nSPS) is 20.8. The van der Waals surface area contributed by atoms with Gasteiger partial charge in [0.15, 0.2) is 0 Å². The van der Waals surface area contributed by atoms with E-state index in [1.165, 1.54) is 0 Å². The van der Waals surface area contributed by atoms with Crippen LogP contribution in [0.4, 0.5) is 5.69 Å². The van der Waals surface area contributed by atoms with E-state index in [1.807, 2.05) is 20.2 Å². The Morgan fingerprint density at radius 1 is 1.62 bits per heavy atom. The van der Waals surface area contributed by atoms with Gasteiger partial charge >= 0.3 is 0 Å². The Balaban J connectivity index is 1.98. The van der Waals surface area contributed by atoms with Crippen LogP contribution in [-0.4, -0.2) is 28.3 Å². The minimum Gasteiger partial charge on any atom is -0.322 e. The van der Waals surface area contributed by atoms with Crippen LogP contribution in [0.15, 0.2) is 6.20 Å². The van der Waals surface area contributed by atoms with Gasteiger partial charge in [-0.1, -0.05) is 6.42 Å². The lowest BCUT2D eigenvalue weighted by Gasteiger charge is -2.22. The summed E-state index contributed by atoms with van der Waals surface area (Å²) in [5.41, 5.74) is 1.66. The predicted octanol–water partition coefficient (Wildman–Crippen LogP) is 0.809. The Bertz CT molecular complexity index is 379. The van der Waals surface area contributed by atoms with E-state index >= 15 is 0 Å². The van der Waals surface area contributed by atoms with Gasteiger partial charge in [-0.15, -0.1) is 0 Å². The van der Waals surface area contributed by atoms with E-state index in [-0.39, 0.29) is 11.9 Å². The number of carbonyl (C=O) groups is 1. The van der Waals surface area contributed by atoms with E-state index in [0.29, 0.717) is 0 Å². The van der Waals surface area contributed by atoms with Crippen LogP contribution in [0.3, 0.4) is 0 Å². The number of nitrogens with one attached hydrogen (secondary N) is 2. The molecule has 1 aliphatic rings. The van der Waals surface area contributed by atoms with Crippen LogP contribution < -0.4 is 10.6 Å². The molecule has 1 unspecified atom stereocenters. The van der Waals surface area contributed by atoms with Gasteiger partial charge in [0.05, 0.1) is 17.4 Å². The Morgan fingerprint density at radius 2 is 2.44 bits per heavy atom. The maximum atomic E-state index is 11.9. The fourth-order valence-corrected chi connectivity index (χ4v) is 2.02. The second kappa shape index (κ2) is 4.65. The van der Waals surface area contributed by atoms with E-state index in [2.05, 4.69) is 15.7 Å². The summed E-state index contributed by atoms with van der Waals surface area (Å²) in [5.74, 6) is 0.0517. The summed E-state index contributed by atoms with van der Waals surface area (Å²) in [6.45, 7) is 2.83. The molecule has 0 radical (unpaired) electrons. The Hall–Kier alpha value is -1.36. The number of carbonyl (C=O) groups excluding carboxylic acids is 1. The zero-order chi connectivity index (χ0) is 11.5. The molecule has 5 nitrogen and oxygen atoms in total. The lowest BCUT2D eigenvalue weighted by atomic mass is 10.0. The molecule has 1 saturated heterocycles. The maximum Gasteiger partial charge on any atom is 0.241 e. The molecule has 1 aromatic heterocycles. The number of aryl methyl sites for hydroxylation is 2. The van der Waals surface area contributed by atoms with Gasteiger partial charge in [-0.25, -0.2) is 0 Å². The zero-order valence-electron chi connectivity index (χ0n) is 9.79. The number of amides is 1. The second-order valence-corrected chi connectivity index (χ2v) is 4.29. The Kier molecular flexibility index (Phi) is 3.24. The van der Waals surface area contributed by atoms with Crippen molar-refractivity contribution in [2.24, 2.45) is 7.05 Å². The number of anilines is 1. The molecule has 5 heteroatoms. The van der Waals surface area contributed by atoms with Crippen molar-refractivity contribution in [1.29, 1.82) is 0 Å². The van der Waals surface area contributed by atoms with Crippen LogP contribution in [0.1, 0.15) is 25.0 Å². The molecule has 1 atom stereocenters. The maximum absolute atomic E-state index is 11.9. The molecule has 0 aromatic carbocycles. The van der Waals surface area contributed by atoms with Gasteiger partial charge in [-0.2, -0.15) is 5.10 Å². The second-order valence-electron chi connectivity index (χ2n) is 4.29. The number of aromatic nitrogens is 2. The molecule has 0 spiro atoms. The van der Waals surface area contributed by atoms with Gasteiger partial charge in [0, 0.05) is 13.2 Å². The van der Waals surface area contributed by atoms with Crippen molar-refractivity contribution in [1.82, 2.24) is 15.1 Å². The van der Waals surface area contributed by atoms with Crippen molar-refractivity contribution in [3.63, 3.8) is 0 Å². The topological polar surface area (TPSA) is 59.0 Å². The quantitative estimate of drug-likeness (QED) is 0.778. The first-order valence-electron chi connectivity index (χ1n) is 5.71. The fraction of sp³-hybridized carbons (Fsp3) is 0.636. The van der Waals surface area contributed by atoms with E-state index in [9.17, 15) is 4.79 Å². The van der Waals surface area contributed by atoms with Gasteiger partial charge < -0.3 is 10.6 Å². The molecule has 1 fully saturated rings. The van der Waals surface area contributed by atoms with Crippen molar-refractivity contribution in [2.45, 2.75) is 32.2 Å². The van der Waals surface area contributed by atoms with Crippen LogP contribution >= 0.6 is 0 Å². The molecule has 2 heterocycles. The van der Waals surface area contributed by atoms with Crippen molar-refractivity contribution in [3.8, 4) is 0 Å². The molecular weight excluding hydrogens is 204 g/mol. The Labute approximate surface area is 95.2 Å². The molecule has 88 valence electrons. The summed E-state index contributed by atoms with van der Waals surface area (Å²) in [5, 5.41) is 10.3. The van der Waals surface area contributed by atoms with Crippen molar-refractivity contribution in [3.05, 3.63) is 11.9 Å². The largest absolute Gasteiger partial charge is 0.322 e. The molecular formula is C11H18N4O. The fourth-order valence-electron chi connectivity index (χ4n) is 2.02. The molecule has 0 aliphatic carbocycles. The molecule has 0 saturated carbocycles. The monoisotopic (exact) mass is 222 g/mol. The highest BCUT2D eigenvalue weighted by Crippen LogP contribution is 2.14. The highest BCUT2D eigenvalue weighted by Gasteiger charge is 2.21. The number of hydrogen-bond acceptors (Lipinski definition) is 3. The predicted molar refractivity (Wildman–Crippen MR) is 62.2 cm³/mol. The molecule has 2 N–H and O–H groups in total. The number of rotatable bonds is 2. The lowest BCUT2D eigenvalue weighted by molar-refractivity contribution is -0.118. The standard InChI is InChI=1S/C11H18N4O/c1-8-10(7-15(2)14-8)13-11(16)9-5-3-4-6-12-9/h7,9,12H,3-6H2,1-2H3,(H,13,16). The van der Waals surface area contributed by atoms with Crippen LogP contribution in [0.25, 0.3) is 0 Å². The van der Waals surface area contributed by atoms with Crippen molar-refractivity contribution >= 4 is 11.6 Å². The zero-order valence-corrected chi connectivity index (χ0v) is 9.79. The van der Waals surface area contributed by atoms with Crippen LogP contribution in [0, 0.1) is 6.92 Å². The number of piperidine rings is 1. The van der Waals surface area contributed by atoms with Crippen molar-refractivity contribution in [2.75, 3.05) is 11.9 Å². The molecule has 0 bridgehead atoms. The van der Waals surface area contributed by atoms with Gasteiger partial charge in [-0.05, 0) is 26.3 Å². The van der Waals surface area contributed by atoms with E-state index < -0.39 is 0 Å². The third kappa shape index (κ3) is 2.41. The van der Waals surface area contributed by atoms with Gasteiger partial charge in [0.1, 0.15) is 0 Å². The summed E-state index contributed by atoms with van der Waals surface area (Å²) in [7, 11) is 1.85. The van der Waals surface area contributed by atoms with Crippen LogP contribution in [0.2, 0.25) is 0 Å². The van der Waals surface area contributed by atoms with Crippen LogP contribution in [-0.2, 0) is 11.8 Å². The van der Waals surface area contributed by atoms with E-state index in [4.69, 9.17) is 0 Å². The Morgan fingerprint density at radius 3 is 3.00 bits per heavy atom. The molecule has 16 heavy (non-hydrogen) atoms. The first-order chi connectivity index (χ1) is 7.66. The molecule has 1 aliphatic heterocycles. The minimum atomic E-state index is -0.0478. The van der Waals surface area contributed by atoms with Gasteiger partial charge in [0.25, 0.3) is 0 Å². The molecule has 1 aromatic rings. The number of hydrogen-bond donors (Lipinski definition) is 2. The SMILES string of the molecule is Cc1nn(C)cc1NC(=O)C1CCCCN1. The van der Waals surface area contributed by atoms with E-state index in [1.54, 1.807) is 4.68 Å². The molecule has 2 rings (SSSR count). The van der Waals surface area contributed by atoms with Crippen LogP contribution in [0.5, 0.6) is 0 Å². The average molecular weight is 222 g/mol. The lowest BCUT2D eigenvalue weighted by Crippen LogP contribution is -2.43. The highest BCUT2D eigenvalue weighted by molar-refractivity contribution is 5.95. The smallest absolute Gasteiger partial charge is 0.241 e. The summed E-state index contributed by atoms with van der Waals surface area (Å²) in [4.78, 5) is 11.9. The molecule has 1 amide bonds. The third-order valence-electron chi connectivity index (χ3n) is 2.90. The van der Waals surface area contributed by atoms with E-state index in [0.717, 1.165) is 37.2 Å². The summed E-state index contributed by atoms with van der Waals surface area (Å²) < 4.78 is 1.71. The minimum absolute atomic E-state index is 0.0478. The highest BCUT2D eigenvalue weighted by atomic mass is 16.2. The van der Waals surface area contributed by atoms with Crippen molar-refractivity contribution < 1.29 is 4.79 Å². The van der Waals surface area contributed by atoms with Gasteiger partial charge in [-0.3, -0.25) is 9.48 Å². The summed E-state index contributed by atoms with van der Waals surface area (Å²) in [6.07, 6.45) is 5.04.